The van der Waals surface area contributed by atoms with Crippen LogP contribution in [0.5, 0.6) is 0 Å². The number of hydrogen-bond donors (Lipinski definition) is 0. The third kappa shape index (κ3) is 0.986. The van der Waals surface area contributed by atoms with Crippen LogP contribution < -0.4 is 0 Å². The molecule has 0 saturated carbocycles. The minimum absolute atomic E-state index is 0.0982. The summed E-state index contributed by atoms with van der Waals surface area (Å²) in [6.07, 6.45) is 0.0982. The van der Waals surface area contributed by atoms with Gasteiger partial charge in [-0.1, -0.05) is 50.2 Å². The molecule has 0 aromatic heterocycles. The first-order valence-corrected chi connectivity index (χ1v) is 6.75. The van der Waals surface area contributed by atoms with Gasteiger partial charge >= 0.3 is 0 Å². The van der Waals surface area contributed by atoms with Gasteiger partial charge in [0.2, 0.25) is 5.78 Å². The molecule has 96 valence electrons. The van der Waals surface area contributed by atoms with E-state index in [1.165, 1.54) is 0 Å². The molecule has 2 aromatic carbocycles. The van der Waals surface area contributed by atoms with Gasteiger partial charge in [-0.15, -0.1) is 0 Å². The molecule has 2 aromatic rings. The molecule has 2 aliphatic rings. The molecule has 0 bridgehead atoms. The van der Waals surface area contributed by atoms with Crippen LogP contribution in [0.3, 0.4) is 0 Å². The molecule has 1 spiro atoms. The summed E-state index contributed by atoms with van der Waals surface area (Å²) in [5.41, 5.74) is 0.925. The summed E-state index contributed by atoms with van der Waals surface area (Å²) in [6, 6.07) is 12.1. The summed E-state index contributed by atoms with van der Waals surface area (Å²) in [6.45, 7) is 6.30. The van der Waals surface area contributed by atoms with Crippen molar-refractivity contribution in [3.05, 3.63) is 47.5 Å². The van der Waals surface area contributed by atoms with Gasteiger partial charge < -0.3 is 4.74 Å². The Kier molecular flexibility index (Phi) is 1.81. The van der Waals surface area contributed by atoms with E-state index in [0.29, 0.717) is 0 Å². The minimum Gasteiger partial charge on any atom is -0.358 e. The number of hydrogen-bond acceptors (Lipinski definition) is 2. The van der Waals surface area contributed by atoms with Gasteiger partial charge in [0.1, 0.15) is 0 Å². The molecule has 0 amide bonds. The van der Waals surface area contributed by atoms with Crippen LogP contribution in [0, 0.1) is 5.41 Å². The van der Waals surface area contributed by atoms with Gasteiger partial charge in [-0.05, 0) is 17.7 Å². The summed E-state index contributed by atoms with van der Waals surface area (Å²) >= 11 is 0. The summed E-state index contributed by atoms with van der Waals surface area (Å²) < 4.78 is 6.04. The van der Waals surface area contributed by atoms with Crippen LogP contribution in [0.15, 0.2) is 36.4 Å². The van der Waals surface area contributed by atoms with E-state index >= 15 is 0 Å². The van der Waals surface area contributed by atoms with E-state index in [9.17, 15) is 4.79 Å². The van der Waals surface area contributed by atoms with E-state index in [0.717, 1.165) is 21.9 Å². The van der Waals surface area contributed by atoms with E-state index in [1.54, 1.807) is 0 Å². The van der Waals surface area contributed by atoms with E-state index in [1.807, 2.05) is 31.2 Å². The van der Waals surface area contributed by atoms with Crippen LogP contribution in [0.1, 0.15) is 36.7 Å². The van der Waals surface area contributed by atoms with Gasteiger partial charge in [-0.3, -0.25) is 4.79 Å². The van der Waals surface area contributed by atoms with Crippen LogP contribution in [-0.4, -0.2) is 11.9 Å². The van der Waals surface area contributed by atoms with Crippen molar-refractivity contribution in [3.8, 4) is 0 Å². The number of rotatable bonds is 0. The van der Waals surface area contributed by atoms with E-state index in [4.69, 9.17) is 4.74 Å². The summed E-state index contributed by atoms with van der Waals surface area (Å²) in [7, 11) is 0. The molecule has 1 heterocycles. The fourth-order valence-corrected chi connectivity index (χ4v) is 3.68. The Morgan fingerprint density at radius 2 is 1.79 bits per heavy atom. The number of fused-ring (bicyclic) bond motifs is 1. The van der Waals surface area contributed by atoms with Crippen LogP contribution >= 0.6 is 0 Å². The second kappa shape index (κ2) is 3.07. The van der Waals surface area contributed by atoms with E-state index in [2.05, 4.69) is 26.0 Å². The summed E-state index contributed by atoms with van der Waals surface area (Å²) in [5.74, 6) is 0.127. The van der Waals surface area contributed by atoms with Gasteiger partial charge in [0, 0.05) is 16.5 Å². The van der Waals surface area contributed by atoms with Gasteiger partial charge in [0.25, 0.3) is 0 Å². The summed E-state index contributed by atoms with van der Waals surface area (Å²) in [4.78, 5) is 12.9. The molecule has 4 rings (SSSR count). The van der Waals surface area contributed by atoms with Crippen molar-refractivity contribution in [2.45, 2.75) is 32.5 Å². The third-order valence-corrected chi connectivity index (χ3v) is 5.13. The van der Waals surface area contributed by atoms with E-state index < -0.39 is 5.60 Å². The zero-order valence-corrected chi connectivity index (χ0v) is 11.4. The lowest BCUT2D eigenvalue weighted by Gasteiger charge is -2.57. The lowest BCUT2D eigenvalue weighted by atomic mass is 9.62. The molecule has 2 heteroatoms. The average Bonchev–Trinajstić information content (AvgIpc) is 2.66. The SMILES string of the molecule is CC1OC2(C(=O)c3cccc4cccc2c34)C1(C)C. The number of Topliss-reactive ketones (excluding diaryl/α,β-unsaturated/α-hetero) is 1. The molecule has 0 radical (unpaired) electrons. The van der Waals surface area contributed by atoms with E-state index in [-0.39, 0.29) is 17.3 Å². The van der Waals surface area contributed by atoms with Crippen LogP contribution in [0.2, 0.25) is 0 Å². The van der Waals surface area contributed by atoms with Crippen LogP contribution in [0.4, 0.5) is 0 Å². The Morgan fingerprint density at radius 3 is 2.42 bits per heavy atom. The predicted octanol–water partition coefficient (Wildman–Crippen LogP) is 3.68. The van der Waals surface area contributed by atoms with Crippen molar-refractivity contribution in [1.82, 2.24) is 0 Å². The zero-order valence-electron chi connectivity index (χ0n) is 11.4. The van der Waals surface area contributed by atoms with Gasteiger partial charge in [-0.2, -0.15) is 0 Å². The highest BCUT2D eigenvalue weighted by atomic mass is 16.5. The molecule has 1 aliphatic heterocycles. The Morgan fingerprint density at radius 1 is 1.11 bits per heavy atom. The smallest absolute Gasteiger partial charge is 0.200 e. The van der Waals surface area contributed by atoms with Crippen molar-refractivity contribution in [1.29, 1.82) is 0 Å². The second-order valence-corrected chi connectivity index (χ2v) is 6.20. The summed E-state index contributed by atoms with van der Waals surface area (Å²) in [5, 5.41) is 2.20. The number of carbonyl (C=O) groups excluding carboxylic acids is 1. The number of carbonyl (C=O) groups is 1. The van der Waals surface area contributed by atoms with Crippen molar-refractivity contribution < 1.29 is 9.53 Å². The molecule has 19 heavy (non-hydrogen) atoms. The van der Waals surface area contributed by atoms with Crippen molar-refractivity contribution in [2.24, 2.45) is 5.41 Å². The quantitative estimate of drug-likeness (QED) is 0.715. The lowest BCUT2D eigenvalue weighted by Crippen LogP contribution is -2.65. The first-order chi connectivity index (χ1) is 9.00. The molecule has 2 nitrogen and oxygen atoms in total. The van der Waals surface area contributed by atoms with Crippen molar-refractivity contribution in [2.75, 3.05) is 0 Å². The molecular formula is C17H16O2. The zero-order chi connectivity index (χ0) is 13.4. The van der Waals surface area contributed by atoms with Gasteiger partial charge in [0.05, 0.1) is 6.10 Å². The Balaban J connectivity index is 2.11. The third-order valence-electron chi connectivity index (χ3n) is 5.13. The lowest BCUT2D eigenvalue weighted by molar-refractivity contribution is -0.276. The van der Waals surface area contributed by atoms with Crippen molar-refractivity contribution in [3.63, 3.8) is 0 Å². The topological polar surface area (TPSA) is 26.3 Å². The first kappa shape index (κ1) is 11.2. The Hall–Kier alpha value is -1.67. The monoisotopic (exact) mass is 252 g/mol. The van der Waals surface area contributed by atoms with Gasteiger partial charge in [0.15, 0.2) is 5.60 Å². The largest absolute Gasteiger partial charge is 0.358 e. The number of ether oxygens (including phenoxy) is 1. The minimum atomic E-state index is -0.768. The highest BCUT2D eigenvalue weighted by Gasteiger charge is 2.68. The molecule has 1 aliphatic carbocycles. The van der Waals surface area contributed by atoms with Crippen LogP contribution in [0.25, 0.3) is 10.8 Å². The molecular weight excluding hydrogens is 236 g/mol. The highest BCUT2D eigenvalue weighted by Crippen LogP contribution is 2.61. The fourth-order valence-electron chi connectivity index (χ4n) is 3.68. The second-order valence-electron chi connectivity index (χ2n) is 6.20. The first-order valence-electron chi connectivity index (χ1n) is 6.75. The van der Waals surface area contributed by atoms with Gasteiger partial charge in [-0.25, -0.2) is 0 Å². The average molecular weight is 252 g/mol. The van der Waals surface area contributed by atoms with Crippen molar-refractivity contribution >= 4 is 16.6 Å². The maximum Gasteiger partial charge on any atom is 0.200 e. The maximum atomic E-state index is 12.9. The molecule has 2 unspecified atom stereocenters. The Bertz CT molecular complexity index is 724. The number of ketones is 1. The standard InChI is InChI=1S/C17H16O2/c1-10-16(2,3)17(19-10)13-9-5-7-11-6-4-8-12(14(11)13)15(17)18/h4-10H,1-3H3. The van der Waals surface area contributed by atoms with Crippen LogP contribution in [-0.2, 0) is 10.3 Å². The number of benzene rings is 2. The molecule has 0 N–H and O–H groups in total. The molecule has 1 saturated heterocycles. The predicted molar refractivity (Wildman–Crippen MR) is 74.3 cm³/mol. The maximum absolute atomic E-state index is 12.9. The normalized spacial score (nSPS) is 30.9. The Labute approximate surface area is 112 Å². The molecule has 1 fully saturated rings. The molecule has 2 atom stereocenters. The fraction of sp³-hybridized carbons (Fsp3) is 0.353. The highest BCUT2D eigenvalue weighted by molar-refractivity contribution is 6.20.